The van der Waals surface area contributed by atoms with E-state index in [2.05, 4.69) is 32.6 Å². The van der Waals surface area contributed by atoms with E-state index in [4.69, 9.17) is 0 Å². The minimum Gasteiger partial charge on any atom is -0.342 e. The number of nitrogens with zero attached hydrogens (tertiary/aromatic N) is 1. The predicted octanol–water partition coefficient (Wildman–Crippen LogP) is 3.81. The standard InChI is InChI=1S/C16H12BrNO/c17-14-11-18(10-12-6-2-1-3-7-12)15-9-5-4-8-13(15)16(14)19/h1-9,11H,10H2. The smallest absolute Gasteiger partial charge is 0.203 e. The molecule has 3 aromatic rings. The zero-order chi connectivity index (χ0) is 13.2. The second-order valence-electron chi connectivity index (χ2n) is 4.44. The monoisotopic (exact) mass is 313 g/mol. The zero-order valence-corrected chi connectivity index (χ0v) is 11.8. The molecule has 3 rings (SSSR count). The maximum absolute atomic E-state index is 12.1. The van der Waals surface area contributed by atoms with Gasteiger partial charge in [0.15, 0.2) is 0 Å². The van der Waals surface area contributed by atoms with E-state index in [0.29, 0.717) is 4.47 Å². The van der Waals surface area contributed by atoms with Gasteiger partial charge in [-0.1, -0.05) is 42.5 Å². The van der Waals surface area contributed by atoms with Crippen molar-refractivity contribution in [2.45, 2.75) is 6.54 Å². The van der Waals surface area contributed by atoms with E-state index in [1.807, 2.05) is 48.7 Å². The molecular formula is C16H12BrNO. The van der Waals surface area contributed by atoms with Crippen molar-refractivity contribution < 1.29 is 0 Å². The Bertz CT molecular complexity index is 778. The summed E-state index contributed by atoms with van der Waals surface area (Å²) in [4.78, 5) is 12.1. The van der Waals surface area contributed by atoms with Crippen LogP contribution in [-0.4, -0.2) is 4.57 Å². The molecule has 0 N–H and O–H groups in total. The van der Waals surface area contributed by atoms with Crippen LogP contribution in [0.4, 0.5) is 0 Å². The van der Waals surface area contributed by atoms with Crippen molar-refractivity contribution in [1.82, 2.24) is 4.57 Å². The van der Waals surface area contributed by atoms with Crippen molar-refractivity contribution >= 4 is 26.8 Å². The van der Waals surface area contributed by atoms with Gasteiger partial charge in [0.05, 0.1) is 9.99 Å². The van der Waals surface area contributed by atoms with Crippen molar-refractivity contribution in [3.8, 4) is 0 Å². The first-order chi connectivity index (χ1) is 9.25. The largest absolute Gasteiger partial charge is 0.342 e. The molecule has 0 amide bonds. The molecule has 19 heavy (non-hydrogen) atoms. The first-order valence-electron chi connectivity index (χ1n) is 6.07. The normalized spacial score (nSPS) is 10.8. The van der Waals surface area contributed by atoms with Crippen molar-refractivity contribution in [3.05, 3.63) is 81.1 Å². The van der Waals surface area contributed by atoms with Crippen LogP contribution in [-0.2, 0) is 6.54 Å². The van der Waals surface area contributed by atoms with E-state index in [1.165, 1.54) is 5.56 Å². The predicted molar refractivity (Wildman–Crippen MR) is 81.5 cm³/mol. The highest BCUT2D eigenvalue weighted by Gasteiger charge is 2.06. The van der Waals surface area contributed by atoms with Crippen LogP contribution in [0.15, 0.2) is 70.1 Å². The fourth-order valence-electron chi connectivity index (χ4n) is 2.22. The minimum atomic E-state index is 0.0416. The summed E-state index contributed by atoms with van der Waals surface area (Å²) < 4.78 is 2.69. The molecule has 3 heteroatoms. The quantitative estimate of drug-likeness (QED) is 0.705. The third-order valence-corrected chi connectivity index (χ3v) is 3.70. The van der Waals surface area contributed by atoms with Gasteiger partial charge in [-0.25, -0.2) is 0 Å². The van der Waals surface area contributed by atoms with Gasteiger partial charge < -0.3 is 4.57 Å². The number of halogens is 1. The van der Waals surface area contributed by atoms with Gasteiger partial charge >= 0.3 is 0 Å². The van der Waals surface area contributed by atoms with Gasteiger partial charge in [0.1, 0.15) is 0 Å². The van der Waals surface area contributed by atoms with E-state index >= 15 is 0 Å². The summed E-state index contributed by atoms with van der Waals surface area (Å²) in [7, 11) is 0. The summed E-state index contributed by atoms with van der Waals surface area (Å²) in [6, 6.07) is 17.9. The number of rotatable bonds is 2. The first-order valence-corrected chi connectivity index (χ1v) is 6.86. The highest BCUT2D eigenvalue weighted by molar-refractivity contribution is 9.10. The van der Waals surface area contributed by atoms with Crippen LogP contribution in [0, 0.1) is 0 Å². The average Bonchev–Trinajstić information content (AvgIpc) is 2.46. The van der Waals surface area contributed by atoms with Crippen LogP contribution in [0.3, 0.4) is 0 Å². The Morgan fingerprint density at radius 1 is 0.947 bits per heavy atom. The van der Waals surface area contributed by atoms with Gasteiger partial charge in [-0.3, -0.25) is 4.79 Å². The summed E-state index contributed by atoms with van der Waals surface area (Å²) in [5.74, 6) is 0. The van der Waals surface area contributed by atoms with Crippen molar-refractivity contribution in [2.24, 2.45) is 0 Å². The SMILES string of the molecule is O=c1c(Br)cn(Cc2ccccc2)c2ccccc12. The summed E-state index contributed by atoms with van der Waals surface area (Å²) in [6.45, 7) is 0.750. The molecule has 0 saturated heterocycles. The van der Waals surface area contributed by atoms with E-state index in [9.17, 15) is 4.79 Å². The van der Waals surface area contributed by atoms with Crippen LogP contribution >= 0.6 is 15.9 Å². The highest BCUT2D eigenvalue weighted by atomic mass is 79.9. The van der Waals surface area contributed by atoms with Crippen LogP contribution < -0.4 is 5.43 Å². The highest BCUT2D eigenvalue weighted by Crippen LogP contribution is 2.16. The van der Waals surface area contributed by atoms with Crippen LogP contribution in [0.1, 0.15) is 5.56 Å². The van der Waals surface area contributed by atoms with Crippen molar-refractivity contribution in [1.29, 1.82) is 0 Å². The third kappa shape index (κ3) is 2.34. The fraction of sp³-hybridized carbons (Fsp3) is 0.0625. The lowest BCUT2D eigenvalue weighted by molar-refractivity contribution is 0.822. The molecule has 0 aliphatic carbocycles. The van der Waals surface area contributed by atoms with Gasteiger partial charge in [0.25, 0.3) is 0 Å². The molecule has 2 aromatic carbocycles. The van der Waals surface area contributed by atoms with Gasteiger partial charge in [-0.2, -0.15) is 0 Å². The van der Waals surface area contributed by atoms with E-state index in [1.54, 1.807) is 0 Å². The van der Waals surface area contributed by atoms with E-state index in [-0.39, 0.29) is 5.43 Å². The Hall–Kier alpha value is -1.87. The van der Waals surface area contributed by atoms with Crippen molar-refractivity contribution in [3.63, 3.8) is 0 Å². The summed E-state index contributed by atoms with van der Waals surface area (Å²) in [6.07, 6.45) is 1.86. The molecule has 0 spiro atoms. The molecular weight excluding hydrogens is 302 g/mol. The third-order valence-electron chi connectivity index (χ3n) is 3.14. The van der Waals surface area contributed by atoms with E-state index in [0.717, 1.165) is 17.4 Å². The number of para-hydroxylation sites is 1. The number of pyridine rings is 1. The maximum atomic E-state index is 12.1. The van der Waals surface area contributed by atoms with Crippen LogP contribution in [0.25, 0.3) is 10.9 Å². The van der Waals surface area contributed by atoms with Crippen molar-refractivity contribution in [2.75, 3.05) is 0 Å². The molecule has 0 aliphatic rings. The molecule has 0 saturated carbocycles. The van der Waals surface area contributed by atoms with Gasteiger partial charge in [0, 0.05) is 18.1 Å². The van der Waals surface area contributed by atoms with Gasteiger partial charge in [-0.05, 0) is 33.6 Å². The van der Waals surface area contributed by atoms with E-state index < -0.39 is 0 Å². The van der Waals surface area contributed by atoms with Gasteiger partial charge in [-0.15, -0.1) is 0 Å². The lowest BCUT2D eigenvalue weighted by Gasteiger charge is -2.11. The molecule has 0 bridgehead atoms. The summed E-state index contributed by atoms with van der Waals surface area (Å²) in [5.41, 5.74) is 2.21. The molecule has 0 atom stereocenters. The molecule has 0 unspecified atom stereocenters. The number of fused-ring (bicyclic) bond motifs is 1. The maximum Gasteiger partial charge on any atom is 0.203 e. The summed E-state index contributed by atoms with van der Waals surface area (Å²) >= 11 is 3.35. The topological polar surface area (TPSA) is 22.0 Å². The molecule has 1 aromatic heterocycles. The minimum absolute atomic E-state index is 0.0416. The Balaban J connectivity index is 2.19. The molecule has 0 fully saturated rings. The zero-order valence-electron chi connectivity index (χ0n) is 10.2. The van der Waals surface area contributed by atoms with Crippen LogP contribution in [0.2, 0.25) is 0 Å². The second kappa shape index (κ2) is 5.02. The Morgan fingerprint density at radius 3 is 2.42 bits per heavy atom. The molecule has 94 valence electrons. The second-order valence-corrected chi connectivity index (χ2v) is 5.29. The van der Waals surface area contributed by atoms with Crippen LogP contribution in [0.5, 0.6) is 0 Å². The molecule has 2 nitrogen and oxygen atoms in total. The Labute approximate surface area is 119 Å². The van der Waals surface area contributed by atoms with Gasteiger partial charge in [0.2, 0.25) is 5.43 Å². The average molecular weight is 314 g/mol. The lowest BCUT2D eigenvalue weighted by atomic mass is 10.2. The summed E-state index contributed by atoms with van der Waals surface area (Å²) in [5, 5.41) is 0.743. The Morgan fingerprint density at radius 2 is 1.63 bits per heavy atom. The lowest BCUT2D eigenvalue weighted by Crippen LogP contribution is -2.10. The first kappa shape index (κ1) is 12.2. The fourth-order valence-corrected chi connectivity index (χ4v) is 2.68. The molecule has 0 radical (unpaired) electrons. The molecule has 0 aliphatic heterocycles. The number of aromatic nitrogens is 1. The molecule has 1 heterocycles. The Kier molecular flexibility index (Phi) is 3.22. The number of benzene rings is 2. The number of hydrogen-bond donors (Lipinski definition) is 0. The number of hydrogen-bond acceptors (Lipinski definition) is 1.